The van der Waals surface area contributed by atoms with E-state index < -0.39 is 6.16 Å². The quantitative estimate of drug-likeness (QED) is 0.497. The third-order valence-corrected chi connectivity index (χ3v) is 0.862. The van der Waals surface area contributed by atoms with E-state index >= 15 is 0 Å². The fourth-order valence-electron chi connectivity index (χ4n) is 0.242. The first-order valence-electron chi connectivity index (χ1n) is 2.51. The van der Waals surface area contributed by atoms with Gasteiger partial charge in [0.1, 0.15) is 6.61 Å². The number of carbonyl (C=O) groups is 1. The van der Waals surface area contributed by atoms with E-state index in [0.717, 1.165) is 0 Å². The van der Waals surface area contributed by atoms with E-state index in [4.69, 9.17) is 0 Å². The Kier molecular flexibility index (Phi) is 4.48. The highest BCUT2D eigenvalue weighted by Gasteiger charge is 2.01. The highest BCUT2D eigenvalue weighted by Crippen LogP contribution is 1.97. The van der Waals surface area contributed by atoms with E-state index in [-0.39, 0.29) is 4.83 Å². The maximum atomic E-state index is 10.3. The predicted octanol–water partition coefficient (Wildman–Crippen LogP) is 1.55. The van der Waals surface area contributed by atoms with Crippen molar-refractivity contribution in [2.24, 2.45) is 0 Å². The number of ether oxygens (including phenoxy) is 2. The standard InChI is InChI=1S/C5H9BrO3/c1-4(6)3-9-5(7)8-2/h4H,3H2,1-2H3. The molecule has 3 nitrogen and oxygen atoms in total. The molecule has 0 saturated heterocycles. The number of hydrogen-bond donors (Lipinski definition) is 0. The van der Waals surface area contributed by atoms with Crippen LogP contribution in [0.15, 0.2) is 0 Å². The molecule has 0 amide bonds. The van der Waals surface area contributed by atoms with E-state index in [2.05, 4.69) is 25.4 Å². The Morgan fingerprint density at radius 2 is 2.33 bits per heavy atom. The van der Waals surface area contributed by atoms with Gasteiger partial charge in [-0.15, -0.1) is 0 Å². The van der Waals surface area contributed by atoms with Gasteiger partial charge < -0.3 is 9.47 Å². The van der Waals surface area contributed by atoms with Crippen LogP contribution in [0.4, 0.5) is 4.79 Å². The second kappa shape index (κ2) is 4.61. The molecule has 0 aromatic carbocycles. The third kappa shape index (κ3) is 5.62. The monoisotopic (exact) mass is 196 g/mol. The molecule has 1 atom stereocenters. The number of carbonyl (C=O) groups excluding carboxylic acids is 1. The molecular formula is C5H9BrO3. The first-order chi connectivity index (χ1) is 4.16. The van der Waals surface area contributed by atoms with Crippen LogP contribution in [0, 0.1) is 0 Å². The van der Waals surface area contributed by atoms with Gasteiger partial charge in [0.2, 0.25) is 0 Å². The van der Waals surface area contributed by atoms with Crippen LogP contribution in [0.5, 0.6) is 0 Å². The smallest absolute Gasteiger partial charge is 0.438 e. The van der Waals surface area contributed by atoms with Crippen LogP contribution < -0.4 is 0 Å². The zero-order chi connectivity index (χ0) is 7.28. The molecule has 1 unspecified atom stereocenters. The predicted molar refractivity (Wildman–Crippen MR) is 36.7 cm³/mol. The van der Waals surface area contributed by atoms with Gasteiger partial charge in [-0.25, -0.2) is 4.79 Å². The summed E-state index contributed by atoms with van der Waals surface area (Å²) in [6.45, 7) is 2.22. The maximum absolute atomic E-state index is 10.3. The molecule has 0 N–H and O–H groups in total. The van der Waals surface area contributed by atoms with Gasteiger partial charge in [0.25, 0.3) is 0 Å². The van der Waals surface area contributed by atoms with Gasteiger partial charge in [0.15, 0.2) is 0 Å². The van der Waals surface area contributed by atoms with Crippen molar-refractivity contribution >= 4 is 22.1 Å². The van der Waals surface area contributed by atoms with Gasteiger partial charge in [0.05, 0.1) is 7.11 Å². The zero-order valence-electron chi connectivity index (χ0n) is 5.39. The van der Waals surface area contributed by atoms with Crippen molar-refractivity contribution in [3.63, 3.8) is 0 Å². The Hall–Kier alpha value is -0.250. The molecule has 0 aliphatic carbocycles. The molecule has 54 valence electrons. The van der Waals surface area contributed by atoms with Crippen LogP contribution >= 0.6 is 15.9 Å². The van der Waals surface area contributed by atoms with Crippen LogP contribution in [-0.4, -0.2) is 24.7 Å². The van der Waals surface area contributed by atoms with E-state index in [0.29, 0.717) is 6.61 Å². The fourth-order valence-corrected chi connectivity index (χ4v) is 0.374. The summed E-state index contributed by atoms with van der Waals surface area (Å²) in [5.74, 6) is 0. The van der Waals surface area contributed by atoms with Crippen molar-refractivity contribution in [1.82, 2.24) is 0 Å². The summed E-state index contributed by atoms with van der Waals surface area (Å²) in [5, 5.41) is 0. The Morgan fingerprint density at radius 1 is 1.78 bits per heavy atom. The number of rotatable bonds is 2. The first-order valence-corrected chi connectivity index (χ1v) is 3.43. The lowest BCUT2D eigenvalue weighted by Crippen LogP contribution is -2.10. The van der Waals surface area contributed by atoms with Crippen molar-refractivity contribution in [1.29, 1.82) is 0 Å². The van der Waals surface area contributed by atoms with E-state index in [1.54, 1.807) is 0 Å². The lowest BCUT2D eigenvalue weighted by atomic mass is 10.5. The van der Waals surface area contributed by atoms with Gasteiger partial charge in [-0.2, -0.15) is 0 Å². The van der Waals surface area contributed by atoms with Crippen molar-refractivity contribution < 1.29 is 14.3 Å². The second-order valence-corrected chi connectivity index (χ2v) is 3.11. The highest BCUT2D eigenvalue weighted by molar-refractivity contribution is 9.09. The highest BCUT2D eigenvalue weighted by atomic mass is 79.9. The number of methoxy groups -OCH3 is 1. The minimum Gasteiger partial charge on any atom is -0.438 e. The normalized spacial score (nSPS) is 12.3. The van der Waals surface area contributed by atoms with E-state index in [1.807, 2.05) is 6.92 Å². The van der Waals surface area contributed by atoms with Gasteiger partial charge in [-0.1, -0.05) is 15.9 Å². The summed E-state index contributed by atoms with van der Waals surface area (Å²) in [5.41, 5.74) is 0. The molecule has 0 rings (SSSR count). The lowest BCUT2D eigenvalue weighted by Gasteiger charge is -2.02. The molecule has 0 aromatic heterocycles. The minimum atomic E-state index is -0.638. The van der Waals surface area contributed by atoms with Crippen molar-refractivity contribution in [2.45, 2.75) is 11.8 Å². The summed E-state index contributed by atoms with van der Waals surface area (Å²) in [7, 11) is 1.28. The minimum absolute atomic E-state index is 0.177. The maximum Gasteiger partial charge on any atom is 0.508 e. The van der Waals surface area contributed by atoms with Gasteiger partial charge in [0, 0.05) is 4.83 Å². The summed E-state index contributed by atoms with van der Waals surface area (Å²) < 4.78 is 8.76. The SMILES string of the molecule is COC(=O)OCC(C)Br. The van der Waals surface area contributed by atoms with Gasteiger partial charge in [-0.3, -0.25) is 0 Å². The molecule has 0 aliphatic heterocycles. The molecule has 0 heterocycles. The largest absolute Gasteiger partial charge is 0.508 e. The number of halogens is 1. The van der Waals surface area contributed by atoms with Crippen LogP contribution in [0.3, 0.4) is 0 Å². The topological polar surface area (TPSA) is 35.5 Å². The number of alkyl halides is 1. The average molecular weight is 197 g/mol. The Morgan fingerprint density at radius 3 is 2.67 bits per heavy atom. The molecular weight excluding hydrogens is 188 g/mol. The van der Waals surface area contributed by atoms with Crippen LogP contribution in [-0.2, 0) is 9.47 Å². The average Bonchev–Trinajstić information content (AvgIpc) is 1.83. The third-order valence-electron chi connectivity index (χ3n) is 0.598. The Balaban J connectivity index is 3.17. The summed E-state index contributed by atoms with van der Waals surface area (Å²) in [6.07, 6.45) is -0.638. The molecule has 0 aromatic rings. The van der Waals surface area contributed by atoms with E-state index in [1.165, 1.54) is 7.11 Å². The zero-order valence-corrected chi connectivity index (χ0v) is 6.97. The molecule has 0 spiro atoms. The lowest BCUT2D eigenvalue weighted by molar-refractivity contribution is 0.0742. The van der Waals surface area contributed by atoms with Crippen LogP contribution in [0.1, 0.15) is 6.92 Å². The Labute approximate surface area is 62.5 Å². The summed E-state index contributed by atoms with van der Waals surface area (Å²) >= 11 is 3.20. The second-order valence-electron chi connectivity index (χ2n) is 1.55. The van der Waals surface area contributed by atoms with Crippen molar-refractivity contribution in [2.75, 3.05) is 13.7 Å². The molecule has 9 heavy (non-hydrogen) atoms. The Bertz CT molecular complexity index is 92.2. The first kappa shape index (κ1) is 8.75. The van der Waals surface area contributed by atoms with E-state index in [9.17, 15) is 4.79 Å². The van der Waals surface area contributed by atoms with Gasteiger partial charge in [-0.05, 0) is 6.92 Å². The molecule has 0 aliphatic rings. The molecule has 0 bridgehead atoms. The molecule has 4 heteroatoms. The summed E-state index contributed by atoms with van der Waals surface area (Å²) in [4.78, 5) is 10.4. The molecule has 0 saturated carbocycles. The number of hydrogen-bond acceptors (Lipinski definition) is 3. The van der Waals surface area contributed by atoms with Crippen molar-refractivity contribution in [3.8, 4) is 0 Å². The molecule has 0 fully saturated rings. The van der Waals surface area contributed by atoms with Crippen LogP contribution in [0.25, 0.3) is 0 Å². The van der Waals surface area contributed by atoms with Crippen molar-refractivity contribution in [3.05, 3.63) is 0 Å². The fraction of sp³-hybridized carbons (Fsp3) is 0.800. The molecule has 0 radical (unpaired) electrons. The van der Waals surface area contributed by atoms with Crippen LogP contribution in [0.2, 0.25) is 0 Å². The summed E-state index contributed by atoms with van der Waals surface area (Å²) in [6, 6.07) is 0. The van der Waals surface area contributed by atoms with Gasteiger partial charge >= 0.3 is 6.16 Å².